The maximum absolute atomic E-state index is 16.7. The Morgan fingerprint density at radius 1 is 0.836 bits per heavy atom. The van der Waals surface area contributed by atoms with Crippen molar-refractivity contribution in [3.8, 4) is 6.07 Å². The van der Waals surface area contributed by atoms with Crippen molar-refractivity contribution in [3.05, 3.63) is 97.1 Å². The van der Waals surface area contributed by atoms with Crippen LogP contribution in [-0.2, 0) is 30.3 Å². The molecule has 2 fully saturated rings. The minimum Gasteiger partial charge on any atom is -0.387 e. The van der Waals surface area contributed by atoms with Gasteiger partial charge in [-0.05, 0) is 48.9 Å². The first-order chi connectivity index (χ1) is 29.6. The van der Waals surface area contributed by atoms with E-state index in [0.717, 1.165) is 0 Å². The molecule has 22 heteroatoms. The summed E-state index contributed by atoms with van der Waals surface area (Å²) < 4.78 is 59.9. The summed E-state index contributed by atoms with van der Waals surface area (Å²) in [5, 5.41) is 25.7. The van der Waals surface area contributed by atoms with Gasteiger partial charge in [0.15, 0.2) is 65.3 Å². The van der Waals surface area contributed by atoms with Crippen LogP contribution in [0.3, 0.4) is 0 Å². The van der Waals surface area contributed by atoms with E-state index in [1.807, 2.05) is 6.07 Å². The fourth-order valence-corrected chi connectivity index (χ4v) is 9.88. The average Bonchev–Trinajstić information content (AvgIpc) is 4.05. The van der Waals surface area contributed by atoms with Crippen LogP contribution < -0.4 is 10.6 Å². The molecular weight excluding hydrogens is 836 g/mol. The Hall–Kier alpha value is -5.72. The highest BCUT2D eigenvalue weighted by Crippen LogP contribution is 2.55. The number of nitrogens with one attached hydrogen (secondary N) is 2. The number of fused-ring (bicyclic) bond motifs is 2. The largest absolute Gasteiger partial charge is 0.387 e. The van der Waals surface area contributed by atoms with E-state index >= 15 is 8.78 Å². The number of rotatable bonds is 15. The van der Waals surface area contributed by atoms with Crippen molar-refractivity contribution < 1.29 is 42.0 Å². The predicted octanol–water partition coefficient (Wildman–Crippen LogP) is 5.43. The van der Waals surface area contributed by atoms with Crippen LogP contribution in [-0.4, -0.2) is 105 Å². The third-order valence-corrected chi connectivity index (χ3v) is 13.3. The van der Waals surface area contributed by atoms with Crippen molar-refractivity contribution in [1.29, 1.82) is 5.26 Å². The van der Waals surface area contributed by atoms with Crippen LogP contribution in [0.5, 0.6) is 0 Å². The van der Waals surface area contributed by atoms with E-state index in [9.17, 15) is 20.0 Å². The van der Waals surface area contributed by atoms with Gasteiger partial charge in [-0.25, -0.2) is 38.7 Å². The lowest BCUT2D eigenvalue weighted by Gasteiger charge is -2.29. The average molecular weight is 874 g/mol. The lowest BCUT2D eigenvalue weighted by atomic mass is 10.1. The Balaban J connectivity index is 0.971. The molecule has 3 N–H and O–H groups in total. The molecule has 0 spiro atoms. The molecule has 2 aromatic carbocycles. The van der Waals surface area contributed by atoms with E-state index in [-0.39, 0.29) is 59.6 Å². The zero-order chi connectivity index (χ0) is 42.7. The molecule has 0 saturated carbocycles. The molecule has 2 amide bonds. The summed E-state index contributed by atoms with van der Waals surface area (Å²) >= 11 is 5.94. The summed E-state index contributed by atoms with van der Waals surface area (Å²) in [5.74, 6) is -0.644. The number of nitrogens with zero attached hydrogens (tertiary/aromatic N) is 9. The molecule has 0 radical (unpaired) electrons. The number of halogens is 2. The van der Waals surface area contributed by atoms with Crippen LogP contribution in [0.4, 0.5) is 20.4 Å². The maximum Gasteiger partial charge on any atom is 0.256 e. The summed E-state index contributed by atoms with van der Waals surface area (Å²) in [6.07, 6.45) is -6.07. The SMILES string of the molecule is CC[C@H]1O[C@@H](n2cnc3c(NC(=O)c4ccccc4)ncnc32)[C@H](F)[C@@H]1OP(=S)(CC[C@H]1O[C@@H](n2cnc3c(NC(=O)c4ccccc4)ncnc32)[C@H](F)[C@@H]1O)OCCC#N. The van der Waals surface area contributed by atoms with Gasteiger partial charge in [0.1, 0.15) is 24.9 Å². The first-order valence-corrected chi connectivity index (χ1v) is 22.1. The van der Waals surface area contributed by atoms with Crippen LogP contribution >= 0.6 is 6.49 Å². The molecule has 0 bridgehead atoms. The standard InChI is InChI=1S/C39H38F2N11O7PS/c1-2-24-31(27(41)39(57-24)52-21-48-29-33(44-19-46-35(29)52)50-37(55)23-12-7-4-8-13-23)59-60(61,56-16-9-15-42)17-14-25-30(53)26(40)38(58-25)51-20-47-28-32(43-18-45-34(28)51)49-36(54)22-10-5-3-6-11-22/h3-8,10-13,18-21,24-27,30-31,38-39,53H,2,9,14,16-17H2,1H3,(H,43,45,49,54)(H,44,46,50,55)/t24-,25-,26-,27-,30-,31-,38-,39-,60?/m1/s1. The van der Waals surface area contributed by atoms with Gasteiger partial charge >= 0.3 is 0 Å². The molecule has 1 unspecified atom stereocenters. The van der Waals surface area contributed by atoms with Crippen LogP contribution in [0.15, 0.2) is 86.0 Å². The zero-order valence-corrected chi connectivity index (χ0v) is 34.0. The first kappa shape index (κ1) is 42.0. The number of hydrogen-bond acceptors (Lipinski definition) is 15. The minimum atomic E-state index is -3.48. The van der Waals surface area contributed by atoms with Crippen molar-refractivity contribution in [1.82, 2.24) is 39.0 Å². The third kappa shape index (κ3) is 8.61. The van der Waals surface area contributed by atoms with E-state index in [1.165, 1.54) is 34.4 Å². The Labute approximate surface area is 351 Å². The quantitative estimate of drug-likeness (QED) is 0.0864. The molecule has 18 nitrogen and oxygen atoms in total. The molecule has 316 valence electrons. The van der Waals surface area contributed by atoms with Crippen molar-refractivity contribution in [3.63, 3.8) is 0 Å². The molecule has 2 aliphatic rings. The number of hydrogen-bond donors (Lipinski definition) is 3. The molecule has 0 aliphatic carbocycles. The van der Waals surface area contributed by atoms with Crippen molar-refractivity contribution in [2.45, 2.75) is 75.4 Å². The maximum atomic E-state index is 16.7. The second kappa shape index (κ2) is 18.1. The number of carbonyl (C=O) groups excluding carboxylic acids is 2. The first-order valence-electron chi connectivity index (χ1n) is 19.2. The smallest absolute Gasteiger partial charge is 0.256 e. The summed E-state index contributed by atoms with van der Waals surface area (Å²) in [5.41, 5.74) is 1.50. The summed E-state index contributed by atoms with van der Waals surface area (Å²) in [6, 6.07) is 19.0. The second-order valence-electron chi connectivity index (χ2n) is 14.1. The topological polar surface area (TPSA) is 226 Å². The lowest BCUT2D eigenvalue weighted by Crippen LogP contribution is -2.32. The highest BCUT2D eigenvalue weighted by Gasteiger charge is 2.50. The highest BCUT2D eigenvalue weighted by atomic mass is 32.5. The number of benzene rings is 2. The van der Waals surface area contributed by atoms with Crippen LogP contribution in [0.25, 0.3) is 22.3 Å². The number of aliphatic hydroxyl groups is 1. The van der Waals surface area contributed by atoms with E-state index in [1.54, 1.807) is 67.6 Å². The Morgan fingerprint density at radius 3 is 1.89 bits per heavy atom. The van der Waals surface area contributed by atoms with Crippen LogP contribution in [0.2, 0.25) is 0 Å². The number of imidazole rings is 2. The number of aromatic nitrogens is 8. The van der Waals surface area contributed by atoms with Crippen LogP contribution in [0.1, 0.15) is 59.4 Å². The fraction of sp³-hybridized carbons (Fsp3) is 0.359. The number of ether oxygens (including phenoxy) is 2. The number of alkyl halides is 2. The van der Waals surface area contributed by atoms with Gasteiger partial charge in [0.2, 0.25) is 0 Å². The predicted molar refractivity (Wildman–Crippen MR) is 218 cm³/mol. The molecular formula is C39H38F2N11O7PS. The fourth-order valence-electron chi connectivity index (χ4n) is 7.19. The van der Waals surface area contributed by atoms with Gasteiger partial charge in [-0.3, -0.25) is 18.7 Å². The van der Waals surface area contributed by atoms with Gasteiger partial charge in [0.05, 0.1) is 44.0 Å². The zero-order valence-electron chi connectivity index (χ0n) is 32.3. The molecule has 9 atom stereocenters. The molecule has 61 heavy (non-hydrogen) atoms. The van der Waals surface area contributed by atoms with Gasteiger partial charge in [-0.1, -0.05) is 43.3 Å². The molecule has 2 saturated heterocycles. The monoisotopic (exact) mass is 873 g/mol. The van der Waals surface area contributed by atoms with Gasteiger partial charge < -0.3 is 34.3 Å². The van der Waals surface area contributed by atoms with Crippen LogP contribution in [0, 0.1) is 11.3 Å². The van der Waals surface area contributed by atoms with Crippen molar-refractivity contribution in [2.75, 3.05) is 23.4 Å². The summed E-state index contributed by atoms with van der Waals surface area (Å²) in [4.78, 5) is 51.3. The number of amides is 2. The Bertz CT molecular complexity index is 2620. The Kier molecular flexibility index (Phi) is 12.5. The Morgan fingerprint density at radius 2 is 1.36 bits per heavy atom. The van der Waals surface area contributed by atoms with Gasteiger partial charge in [-0.15, -0.1) is 0 Å². The van der Waals surface area contributed by atoms with E-state index in [0.29, 0.717) is 17.5 Å². The van der Waals surface area contributed by atoms with Gasteiger partial charge in [-0.2, -0.15) is 5.26 Å². The van der Waals surface area contributed by atoms with E-state index < -0.39 is 67.5 Å². The molecule has 6 heterocycles. The van der Waals surface area contributed by atoms with Crippen molar-refractivity contribution >= 4 is 64.1 Å². The number of anilines is 2. The van der Waals surface area contributed by atoms with Crippen molar-refractivity contribution in [2.24, 2.45) is 0 Å². The molecule has 6 aromatic rings. The normalized spacial score (nSPS) is 24.7. The highest BCUT2D eigenvalue weighted by molar-refractivity contribution is 8.09. The second-order valence-corrected chi connectivity index (χ2v) is 17.9. The van der Waals surface area contributed by atoms with Gasteiger partial charge in [0.25, 0.3) is 11.8 Å². The summed E-state index contributed by atoms with van der Waals surface area (Å²) in [7, 11) is 0. The number of aliphatic hydroxyl groups excluding tert-OH is 1. The molecule has 4 aromatic heterocycles. The third-order valence-electron chi connectivity index (χ3n) is 10.2. The number of carbonyl (C=O) groups is 2. The minimum absolute atomic E-state index is 0.0355. The van der Waals surface area contributed by atoms with E-state index in [4.69, 9.17) is 30.3 Å². The van der Waals surface area contributed by atoms with E-state index in [2.05, 4.69) is 40.5 Å². The number of nitriles is 1. The molecule has 8 rings (SSSR count). The summed E-state index contributed by atoms with van der Waals surface area (Å²) in [6.45, 7) is -1.81. The molecule has 2 aliphatic heterocycles. The van der Waals surface area contributed by atoms with Gasteiger partial charge in [0, 0.05) is 17.3 Å². The lowest BCUT2D eigenvalue weighted by molar-refractivity contribution is -0.0251.